The van der Waals surface area contributed by atoms with Crippen LogP contribution in [0.1, 0.15) is 18.4 Å². The highest BCUT2D eigenvalue weighted by molar-refractivity contribution is 9.10. The Kier molecular flexibility index (Phi) is 4.61. The van der Waals surface area contributed by atoms with Crippen molar-refractivity contribution in [1.29, 1.82) is 0 Å². The van der Waals surface area contributed by atoms with E-state index in [0.717, 1.165) is 21.5 Å². The van der Waals surface area contributed by atoms with Gasteiger partial charge in [-0.15, -0.1) is 0 Å². The van der Waals surface area contributed by atoms with Gasteiger partial charge in [0.15, 0.2) is 0 Å². The zero-order valence-electron chi connectivity index (χ0n) is 13.6. The molecule has 2 N–H and O–H groups in total. The lowest BCUT2D eigenvalue weighted by Gasteiger charge is -2.12. The zero-order valence-corrected chi connectivity index (χ0v) is 15.2. The van der Waals surface area contributed by atoms with Gasteiger partial charge in [0.25, 0.3) is 0 Å². The monoisotopic (exact) mass is 395 g/mol. The maximum atomic E-state index is 4.66. The number of hydrogen-bond donors (Lipinski definition) is 2. The number of benzene rings is 1. The summed E-state index contributed by atoms with van der Waals surface area (Å²) in [5.41, 5.74) is 3.10. The third-order valence-corrected chi connectivity index (χ3v) is 4.80. The molecule has 2 heterocycles. The molecule has 6 heteroatoms. The predicted molar refractivity (Wildman–Crippen MR) is 103 cm³/mol. The van der Waals surface area contributed by atoms with Gasteiger partial charge in [0, 0.05) is 41.1 Å². The van der Waals surface area contributed by atoms with Crippen LogP contribution in [0.15, 0.2) is 59.3 Å². The average molecular weight is 396 g/mol. The molecule has 0 amide bonds. The Morgan fingerprint density at radius 1 is 1.04 bits per heavy atom. The Morgan fingerprint density at radius 3 is 2.60 bits per heavy atom. The molecule has 0 atom stereocenters. The van der Waals surface area contributed by atoms with Crippen molar-refractivity contribution in [3.8, 4) is 11.3 Å². The van der Waals surface area contributed by atoms with E-state index in [0.29, 0.717) is 18.5 Å². The maximum Gasteiger partial charge on any atom is 0.225 e. The first-order valence-electron chi connectivity index (χ1n) is 8.31. The smallest absolute Gasteiger partial charge is 0.225 e. The van der Waals surface area contributed by atoms with Crippen LogP contribution >= 0.6 is 15.9 Å². The lowest BCUT2D eigenvalue weighted by atomic mass is 10.2. The Bertz CT molecular complexity index is 865. The second-order valence-corrected chi connectivity index (χ2v) is 6.92. The normalized spacial score (nSPS) is 13.5. The topological polar surface area (TPSA) is 62.7 Å². The predicted octanol–water partition coefficient (Wildman–Crippen LogP) is 4.49. The van der Waals surface area contributed by atoms with Gasteiger partial charge in [-0.2, -0.15) is 4.98 Å². The van der Waals surface area contributed by atoms with Gasteiger partial charge in [0.05, 0.1) is 5.69 Å². The number of halogens is 1. The molecule has 4 rings (SSSR count). The molecule has 1 aliphatic rings. The third kappa shape index (κ3) is 4.14. The van der Waals surface area contributed by atoms with E-state index in [1.54, 1.807) is 12.4 Å². The molecule has 25 heavy (non-hydrogen) atoms. The van der Waals surface area contributed by atoms with E-state index in [2.05, 4.69) is 47.6 Å². The third-order valence-electron chi connectivity index (χ3n) is 4.03. The van der Waals surface area contributed by atoms with Crippen molar-refractivity contribution in [2.45, 2.75) is 25.4 Å². The van der Waals surface area contributed by atoms with E-state index in [1.807, 2.05) is 36.4 Å². The summed E-state index contributed by atoms with van der Waals surface area (Å²) in [4.78, 5) is 13.4. The highest BCUT2D eigenvalue weighted by Gasteiger charge is 2.22. The molecule has 126 valence electrons. The van der Waals surface area contributed by atoms with Crippen LogP contribution in [0.2, 0.25) is 0 Å². The Morgan fingerprint density at radius 2 is 1.84 bits per heavy atom. The van der Waals surface area contributed by atoms with Crippen molar-refractivity contribution in [2.24, 2.45) is 0 Å². The summed E-state index contributed by atoms with van der Waals surface area (Å²) in [5.74, 6) is 1.48. The number of rotatable bonds is 6. The van der Waals surface area contributed by atoms with Crippen molar-refractivity contribution in [1.82, 2.24) is 15.0 Å². The molecule has 0 unspecified atom stereocenters. The number of hydrogen-bond acceptors (Lipinski definition) is 5. The lowest BCUT2D eigenvalue weighted by molar-refractivity contribution is 1.03. The van der Waals surface area contributed by atoms with Crippen LogP contribution in [-0.2, 0) is 6.54 Å². The minimum atomic E-state index is 0.504. The van der Waals surface area contributed by atoms with Crippen LogP contribution in [-0.4, -0.2) is 21.0 Å². The van der Waals surface area contributed by atoms with Crippen LogP contribution in [0.5, 0.6) is 0 Å². The summed E-state index contributed by atoms with van der Waals surface area (Å²) in [6.45, 7) is 0.692. The lowest BCUT2D eigenvalue weighted by Crippen LogP contribution is -2.09. The molecular weight excluding hydrogens is 378 g/mol. The summed E-state index contributed by atoms with van der Waals surface area (Å²) < 4.78 is 1.09. The quantitative estimate of drug-likeness (QED) is 0.643. The Balaban J connectivity index is 1.60. The van der Waals surface area contributed by atoms with E-state index in [9.17, 15) is 0 Å². The van der Waals surface area contributed by atoms with Gasteiger partial charge in [-0.1, -0.05) is 34.1 Å². The van der Waals surface area contributed by atoms with Gasteiger partial charge in [-0.3, -0.25) is 4.98 Å². The number of nitrogens with one attached hydrogen (secondary N) is 2. The van der Waals surface area contributed by atoms with E-state index < -0.39 is 0 Å². The van der Waals surface area contributed by atoms with E-state index in [-0.39, 0.29) is 0 Å². The molecule has 1 fully saturated rings. The van der Waals surface area contributed by atoms with Gasteiger partial charge < -0.3 is 10.6 Å². The first-order chi connectivity index (χ1) is 12.3. The van der Waals surface area contributed by atoms with Gasteiger partial charge in [-0.25, -0.2) is 4.98 Å². The van der Waals surface area contributed by atoms with Gasteiger partial charge in [-0.05, 0) is 36.6 Å². The molecule has 1 aliphatic carbocycles. The van der Waals surface area contributed by atoms with Crippen LogP contribution in [0.4, 0.5) is 11.8 Å². The van der Waals surface area contributed by atoms with Crippen molar-refractivity contribution >= 4 is 27.7 Å². The number of anilines is 2. The fourth-order valence-corrected chi connectivity index (χ4v) is 2.94. The van der Waals surface area contributed by atoms with Crippen LogP contribution < -0.4 is 10.6 Å². The summed E-state index contributed by atoms with van der Waals surface area (Å²) >= 11 is 3.58. The summed E-state index contributed by atoms with van der Waals surface area (Å²) in [6, 6.07) is 14.6. The molecule has 0 aliphatic heterocycles. The van der Waals surface area contributed by atoms with Gasteiger partial charge >= 0.3 is 0 Å². The molecule has 5 nitrogen and oxygen atoms in total. The highest BCUT2D eigenvalue weighted by atomic mass is 79.9. The molecule has 0 bridgehead atoms. The van der Waals surface area contributed by atoms with Crippen LogP contribution in [0.25, 0.3) is 11.3 Å². The number of aromatic nitrogens is 3. The average Bonchev–Trinajstić information content (AvgIpc) is 3.46. The first-order valence-corrected chi connectivity index (χ1v) is 9.10. The summed E-state index contributed by atoms with van der Waals surface area (Å²) in [7, 11) is 0. The highest BCUT2D eigenvalue weighted by Crippen LogP contribution is 2.26. The molecule has 0 saturated heterocycles. The van der Waals surface area contributed by atoms with Crippen LogP contribution in [0.3, 0.4) is 0 Å². The second kappa shape index (κ2) is 7.19. The molecule has 0 spiro atoms. The fourth-order valence-electron chi connectivity index (χ4n) is 2.51. The number of pyridine rings is 1. The Labute approximate surface area is 155 Å². The molecule has 1 aromatic carbocycles. The van der Waals surface area contributed by atoms with Crippen LogP contribution in [0, 0.1) is 0 Å². The van der Waals surface area contributed by atoms with Crippen molar-refractivity contribution in [2.75, 3.05) is 10.6 Å². The van der Waals surface area contributed by atoms with Crippen molar-refractivity contribution in [3.05, 3.63) is 64.9 Å². The molecular formula is C19H18BrN5. The SMILES string of the molecule is Brc1ccccc1CNc1cc(-c2ccncc2)nc(NC2CC2)n1. The largest absolute Gasteiger partial charge is 0.366 e. The van der Waals surface area contributed by atoms with Gasteiger partial charge in [0.1, 0.15) is 5.82 Å². The fraction of sp³-hybridized carbons (Fsp3) is 0.211. The van der Waals surface area contributed by atoms with Crippen molar-refractivity contribution in [3.63, 3.8) is 0 Å². The molecule has 3 aromatic rings. The first kappa shape index (κ1) is 16.0. The minimum absolute atomic E-state index is 0.504. The molecule has 2 aromatic heterocycles. The van der Waals surface area contributed by atoms with Gasteiger partial charge in [0.2, 0.25) is 5.95 Å². The summed E-state index contributed by atoms with van der Waals surface area (Å²) in [6.07, 6.45) is 5.92. The molecule has 1 saturated carbocycles. The number of nitrogens with zero attached hydrogens (tertiary/aromatic N) is 3. The standard InChI is InChI=1S/C19H18BrN5/c20-16-4-2-1-3-14(16)12-22-18-11-17(13-7-9-21-10-8-13)24-19(25-18)23-15-5-6-15/h1-4,7-11,15H,5-6,12H2,(H2,22,23,24,25). The molecule has 0 radical (unpaired) electrons. The maximum absolute atomic E-state index is 4.66. The minimum Gasteiger partial charge on any atom is -0.366 e. The van der Waals surface area contributed by atoms with E-state index >= 15 is 0 Å². The van der Waals surface area contributed by atoms with Crippen molar-refractivity contribution < 1.29 is 0 Å². The zero-order chi connectivity index (χ0) is 17.1. The summed E-state index contributed by atoms with van der Waals surface area (Å²) in [5, 5.41) is 6.80. The van der Waals surface area contributed by atoms with E-state index in [4.69, 9.17) is 0 Å². The van der Waals surface area contributed by atoms with E-state index in [1.165, 1.54) is 18.4 Å². The Hall–Kier alpha value is -2.47. The second-order valence-electron chi connectivity index (χ2n) is 6.06.